The minimum absolute atomic E-state index is 0.0151. The van der Waals surface area contributed by atoms with E-state index in [0.29, 0.717) is 22.0 Å². The Balaban J connectivity index is 1.80. The van der Waals surface area contributed by atoms with Gasteiger partial charge in [0.2, 0.25) is 0 Å². The molecule has 0 unspecified atom stereocenters. The first-order valence-corrected chi connectivity index (χ1v) is 7.02. The predicted octanol–water partition coefficient (Wildman–Crippen LogP) is 2.76. The van der Waals surface area contributed by atoms with Gasteiger partial charge in [-0.1, -0.05) is 28.4 Å². The number of esters is 1. The zero-order valence-electron chi connectivity index (χ0n) is 11.6. The van der Waals surface area contributed by atoms with Crippen molar-refractivity contribution in [1.82, 2.24) is 10.5 Å². The Morgan fingerprint density at radius 3 is 2.68 bits per heavy atom. The maximum atomic E-state index is 11.8. The maximum absolute atomic E-state index is 11.8. The van der Waals surface area contributed by atoms with Gasteiger partial charge in [-0.25, -0.2) is 0 Å². The molecule has 8 heteroatoms. The van der Waals surface area contributed by atoms with E-state index in [2.05, 4.69) is 10.5 Å². The number of halogens is 2. The van der Waals surface area contributed by atoms with E-state index in [1.165, 1.54) is 18.2 Å². The fourth-order valence-corrected chi connectivity index (χ4v) is 1.88. The van der Waals surface area contributed by atoms with Crippen molar-refractivity contribution in [2.45, 2.75) is 13.5 Å². The quantitative estimate of drug-likeness (QED) is 0.845. The number of carbonyl (C=O) groups excluding carboxylic acids is 2. The number of nitrogens with one attached hydrogen (secondary N) is 1. The van der Waals surface area contributed by atoms with Gasteiger partial charge in [-0.2, -0.15) is 0 Å². The lowest BCUT2D eigenvalue weighted by Gasteiger charge is -2.06. The molecule has 0 spiro atoms. The number of rotatable bonds is 5. The number of nitrogens with zero attached hydrogens (tertiary/aromatic N) is 1. The van der Waals surface area contributed by atoms with Crippen LogP contribution in [0.5, 0.6) is 0 Å². The van der Waals surface area contributed by atoms with Gasteiger partial charge in [-0.05, 0) is 25.1 Å². The first kappa shape index (κ1) is 16.3. The Kier molecular flexibility index (Phi) is 5.41. The molecule has 0 atom stereocenters. The highest BCUT2D eigenvalue weighted by atomic mass is 35.5. The Hall–Kier alpha value is -2.05. The summed E-state index contributed by atoms with van der Waals surface area (Å²) in [5, 5.41) is 6.72. The number of benzene rings is 1. The second-order valence-corrected chi connectivity index (χ2v) is 5.22. The highest BCUT2D eigenvalue weighted by molar-refractivity contribution is 6.42. The SMILES string of the molecule is Cc1cc(COC(=O)CNC(=O)c2ccc(Cl)c(Cl)c2)no1. The largest absolute Gasteiger partial charge is 0.458 e. The van der Waals surface area contributed by atoms with Gasteiger partial charge in [0, 0.05) is 11.6 Å². The van der Waals surface area contributed by atoms with E-state index < -0.39 is 11.9 Å². The molecular formula is C14H12Cl2N2O4. The summed E-state index contributed by atoms with van der Waals surface area (Å²) in [6, 6.07) is 6.08. The molecule has 2 aromatic rings. The van der Waals surface area contributed by atoms with E-state index in [1.807, 2.05) is 0 Å². The van der Waals surface area contributed by atoms with Gasteiger partial charge < -0.3 is 14.6 Å². The summed E-state index contributed by atoms with van der Waals surface area (Å²) in [6.07, 6.45) is 0. The molecule has 22 heavy (non-hydrogen) atoms. The van der Waals surface area contributed by atoms with Crippen molar-refractivity contribution < 1.29 is 18.8 Å². The van der Waals surface area contributed by atoms with Crippen LogP contribution in [-0.4, -0.2) is 23.6 Å². The van der Waals surface area contributed by atoms with Crippen LogP contribution in [0.3, 0.4) is 0 Å². The minimum atomic E-state index is -0.589. The van der Waals surface area contributed by atoms with Crippen LogP contribution in [0.4, 0.5) is 0 Å². The number of carbonyl (C=O) groups is 2. The summed E-state index contributed by atoms with van der Waals surface area (Å²) in [5.41, 5.74) is 0.802. The summed E-state index contributed by atoms with van der Waals surface area (Å²) in [7, 11) is 0. The van der Waals surface area contributed by atoms with E-state index in [1.54, 1.807) is 13.0 Å². The third kappa shape index (κ3) is 4.47. The van der Waals surface area contributed by atoms with Crippen LogP contribution >= 0.6 is 23.2 Å². The summed E-state index contributed by atoms with van der Waals surface area (Å²) in [5.74, 6) is -0.416. The lowest BCUT2D eigenvalue weighted by Crippen LogP contribution is -2.30. The molecule has 1 aromatic carbocycles. The van der Waals surface area contributed by atoms with E-state index >= 15 is 0 Å². The molecule has 0 aliphatic rings. The molecule has 0 fully saturated rings. The van der Waals surface area contributed by atoms with Crippen molar-refractivity contribution in [1.29, 1.82) is 0 Å². The Morgan fingerprint density at radius 1 is 1.27 bits per heavy atom. The molecule has 116 valence electrons. The molecule has 1 heterocycles. The molecule has 0 aliphatic carbocycles. The number of amides is 1. The predicted molar refractivity (Wildman–Crippen MR) is 79.8 cm³/mol. The topological polar surface area (TPSA) is 81.4 Å². The van der Waals surface area contributed by atoms with E-state index in [9.17, 15) is 9.59 Å². The maximum Gasteiger partial charge on any atom is 0.325 e. The molecule has 1 N–H and O–H groups in total. The molecule has 1 amide bonds. The fourth-order valence-electron chi connectivity index (χ4n) is 1.58. The lowest BCUT2D eigenvalue weighted by atomic mass is 10.2. The average Bonchev–Trinajstić information content (AvgIpc) is 2.91. The van der Waals surface area contributed by atoms with Gasteiger partial charge >= 0.3 is 5.97 Å². The van der Waals surface area contributed by atoms with Crippen molar-refractivity contribution in [3.8, 4) is 0 Å². The van der Waals surface area contributed by atoms with Crippen molar-refractivity contribution in [3.05, 3.63) is 51.3 Å². The standard InChI is InChI=1S/C14H12Cl2N2O4/c1-8-4-10(18-22-8)7-21-13(19)6-17-14(20)9-2-3-11(15)12(16)5-9/h2-5H,6-7H2,1H3,(H,17,20). The number of aromatic nitrogens is 1. The summed E-state index contributed by atoms with van der Waals surface area (Å²) >= 11 is 11.6. The van der Waals surface area contributed by atoms with E-state index in [4.69, 9.17) is 32.5 Å². The van der Waals surface area contributed by atoms with Gasteiger partial charge in [-0.3, -0.25) is 9.59 Å². The number of hydrogen-bond donors (Lipinski definition) is 1. The number of ether oxygens (including phenoxy) is 1. The Labute approximate surface area is 136 Å². The molecular weight excluding hydrogens is 331 g/mol. The third-order valence-corrected chi connectivity index (χ3v) is 3.37. The van der Waals surface area contributed by atoms with E-state index in [0.717, 1.165) is 0 Å². The minimum Gasteiger partial charge on any atom is -0.458 e. The Morgan fingerprint density at radius 2 is 2.05 bits per heavy atom. The van der Waals surface area contributed by atoms with Gasteiger partial charge in [-0.15, -0.1) is 0 Å². The molecule has 0 aliphatic heterocycles. The van der Waals surface area contributed by atoms with Gasteiger partial charge in [0.15, 0.2) is 0 Å². The Bertz CT molecular complexity index is 700. The molecule has 0 saturated carbocycles. The van der Waals surface area contributed by atoms with Crippen molar-refractivity contribution in [3.63, 3.8) is 0 Å². The van der Waals surface area contributed by atoms with Crippen LogP contribution in [0.2, 0.25) is 10.0 Å². The van der Waals surface area contributed by atoms with Crippen molar-refractivity contribution in [2.24, 2.45) is 0 Å². The molecule has 0 saturated heterocycles. The summed E-state index contributed by atoms with van der Waals surface area (Å²) in [6.45, 7) is 1.45. The summed E-state index contributed by atoms with van der Waals surface area (Å²) < 4.78 is 9.79. The van der Waals surface area contributed by atoms with Crippen molar-refractivity contribution in [2.75, 3.05) is 6.54 Å². The second-order valence-electron chi connectivity index (χ2n) is 4.40. The monoisotopic (exact) mass is 342 g/mol. The molecule has 2 rings (SSSR count). The van der Waals surface area contributed by atoms with Gasteiger partial charge in [0.05, 0.1) is 10.0 Å². The second kappa shape index (κ2) is 7.29. The zero-order valence-corrected chi connectivity index (χ0v) is 13.1. The average molecular weight is 343 g/mol. The van der Waals surface area contributed by atoms with Crippen LogP contribution in [0.25, 0.3) is 0 Å². The third-order valence-electron chi connectivity index (χ3n) is 2.63. The first-order chi connectivity index (χ1) is 10.5. The van der Waals surface area contributed by atoms with E-state index in [-0.39, 0.29) is 18.2 Å². The molecule has 1 aromatic heterocycles. The van der Waals surface area contributed by atoms with Gasteiger partial charge in [0.25, 0.3) is 5.91 Å². The van der Waals surface area contributed by atoms with Crippen LogP contribution in [0.1, 0.15) is 21.8 Å². The molecule has 6 nitrogen and oxygen atoms in total. The van der Waals surface area contributed by atoms with Crippen LogP contribution in [0.15, 0.2) is 28.8 Å². The number of hydrogen-bond acceptors (Lipinski definition) is 5. The molecule has 0 bridgehead atoms. The van der Waals surface area contributed by atoms with Crippen LogP contribution in [-0.2, 0) is 16.1 Å². The molecule has 0 radical (unpaired) electrons. The van der Waals surface area contributed by atoms with Crippen LogP contribution < -0.4 is 5.32 Å². The normalized spacial score (nSPS) is 10.3. The zero-order chi connectivity index (χ0) is 16.1. The summed E-state index contributed by atoms with van der Waals surface area (Å²) in [4.78, 5) is 23.4. The fraction of sp³-hybridized carbons (Fsp3) is 0.214. The highest BCUT2D eigenvalue weighted by Crippen LogP contribution is 2.22. The van der Waals surface area contributed by atoms with Crippen molar-refractivity contribution >= 4 is 35.1 Å². The highest BCUT2D eigenvalue weighted by Gasteiger charge is 2.11. The van der Waals surface area contributed by atoms with Gasteiger partial charge in [0.1, 0.15) is 24.6 Å². The number of aryl methyl sites for hydroxylation is 1. The first-order valence-electron chi connectivity index (χ1n) is 6.27. The lowest BCUT2D eigenvalue weighted by molar-refractivity contribution is -0.143. The smallest absolute Gasteiger partial charge is 0.325 e. The van der Waals surface area contributed by atoms with Crippen LogP contribution in [0, 0.1) is 6.92 Å².